The van der Waals surface area contributed by atoms with E-state index in [9.17, 15) is 9.59 Å². The van der Waals surface area contributed by atoms with Crippen molar-refractivity contribution >= 4 is 23.5 Å². The minimum Gasteiger partial charge on any atom is -0.480 e. The summed E-state index contributed by atoms with van der Waals surface area (Å²) in [5, 5.41) is 8.99. The van der Waals surface area contributed by atoms with Crippen LogP contribution in [-0.2, 0) is 4.79 Å². The van der Waals surface area contributed by atoms with Crippen LogP contribution in [0, 0.1) is 0 Å². The van der Waals surface area contributed by atoms with Gasteiger partial charge >= 0.3 is 5.97 Å². The third-order valence-corrected chi connectivity index (χ3v) is 3.20. The topological polar surface area (TPSA) is 73.7 Å². The maximum absolute atomic E-state index is 12.2. The van der Waals surface area contributed by atoms with E-state index < -0.39 is 5.97 Å². The molecule has 0 aliphatic carbocycles. The summed E-state index contributed by atoms with van der Waals surface area (Å²) in [5.41, 5.74) is 0.506. The van der Waals surface area contributed by atoms with Crippen LogP contribution in [0.4, 0.5) is 0 Å². The van der Waals surface area contributed by atoms with Crippen molar-refractivity contribution in [3.05, 3.63) is 29.0 Å². The fourth-order valence-corrected chi connectivity index (χ4v) is 2.19. The maximum Gasteiger partial charge on any atom is 0.317 e. The summed E-state index contributed by atoms with van der Waals surface area (Å²) < 4.78 is 0. The Morgan fingerprint density at radius 1 is 1.32 bits per heavy atom. The van der Waals surface area contributed by atoms with E-state index in [0.717, 1.165) is 0 Å². The zero-order valence-electron chi connectivity index (χ0n) is 10.3. The number of nitrogens with zero attached hydrogens (tertiary/aromatic N) is 3. The SMILES string of the molecule is O=C(O)CN1CCN(C(=O)c2ccnc(Cl)c2)CC1. The molecule has 0 atom stereocenters. The van der Waals surface area contributed by atoms with Crippen LogP contribution in [0.3, 0.4) is 0 Å². The maximum atomic E-state index is 12.2. The quantitative estimate of drug-likeness (QED) is 0.822. The number of rotatable bonds is 3. The zero-order chi connectivity index (χ0) is 13.8. The summed E-state index contributed by atoms with van der Waals surface area (Å²) in [5.74, 6) is -0.944. The van der Waals surface area contributed by atoms with E-state index in [1.165, 1.54) is 12.3 Å². The number of carbonyl (C=O) groups is 2. The summed E-state index contributed by atoms with van der Waals surface area (Å²) in [7, 11) is 0. The highest BCUT2D eigenvalue weighted by Gasteiger charge is 2.23. The molecule has 1 aromatic heterocycles. The average molecular weight is 284 g/mol. The zero-order valence-corrected chi connectivity index (χ0v) is 11.0. The van der Waals surface area contributed by atoms with E-state index in [1.54, 1.807) is 11.0 Å². The van der Waals surface area contributed by atoms with Crippen LogP contribution in [0.2, 0.25) is 5.15 Å². The van der Waals surface area contributed by atoms with Gasteiger partial charge in [0.15, 0.2) is 0 Å². The first-order chi connectivity index (χ1) is 9.06. The van der Waals surface area contributed by atoms with Crippen LogP contribution < -0.4 is 0 Å². The lowest BCUT2D eigenvalue weighted by Crippen LogP contribution is -2.49. The molecule has 0 radical (unpaired) electrons. The number of piperazine rings is 1. The molecule has 1 aliphatic rings. The largest absolute Gasteiger partial charge is 0.480 e. The molecule has 2 heterocycles. The fourth-order valence-electron chi connectivity index (χ4n) is 2.02. The molecule has 102 valence electrons. The van der Waals surface area contributed by atoms with Gasteiger partial charge in [-0.3, -0.25) is 14.5 Å². The number of carbonyl (C=O) groups excluding carboxylic acids is 1. The molecule has 1 saturated heterocycles. The molecule has 0 unspecified atom stereocenters. The number of hydrogen-bond acceptors (Lipinski definition) is 4. The minimum atomic E-state index is -0.847. The van der Waals surface area contributed by atoms with E-state index in [4.69, 9.17) is 16.7 Å². The van der Waals surface area contributed by atoms with Crippen LogP contribution >= 0.6 is 11.6 Å². The van der Waals surface area contributed by atoms with Gasteiger partial charge in [0.05, 0.1) is 6.54 Å². The van der Waals surface area contributed by atoms with E-state index in [0.29, 0.717) is 31.7 Å². The summed E-state index contributed by atoms with van der Waals surface area (Å²) in [4.78, 5) is 30.1. The molecule has 1 fully saturated rings. The number of carboxylic acids is 1. The molecule has 1 N–H and O–H groups in total. The first kappa shape index (κ1) is 13.8. The number of aromatic nitrogens is 1. The minimum absolute atomic E-state index is 0.0170. The Labute approximate surface area is 115 Å². The summed E-state index contributed by atoms with van der Waals surface area (Å²) >= 11 is 5.75. The lowest BCUT2D eigenvalue weighted by atomic mass is 10.2. The Morgan fingerprint density at radius 3 is 2.58 bits per heavy atom. The smallest absolute Gasteiger partial charge is 0.317 e. The van der Waals surface area contributed by atoms with Gasteiger partial charge in [-0.05, 0) is 12.1 Å². The number of amides is 1. The van der Waals surface area contributed by atoms with Gasteiger partial charge < -0.3 is 10.0 Å². The lowest BCUT2D eigenvalue weighted by molar-refractivity contribution is -0.138. The first-order valence-corrected chi connectivity index (χ1v) is 6.29. The highest BCUT2D eigenvalue weighted by molar-refractivity contribution is 6.29. The van der Waals surface area contributed by atoms with Crippen molar-refractivity contribution in [3.8, 4) is 0 Å². The molecule has 0 saturated carbocycles. The number of halogens is 1. The molecule has 0 bridgehead atoms. The molecule has 0 aromatic carbocycles. The molecule has 1 amide bonds. The Kier molecular flexibility index (Phi) is 4.34. The molecule has 1 aliphatic heterocycles. The van der Waals surface area contributed by atoms with Crippen LogP contribution in [0.15, 0.2) is 18.3 Å². The molecule has 6 nitrogen and oxygen atoms in total. The van der Waals surface area contributed by atoms with Crippen LogP contribution in [0.1, 0.15) is 10.4 Å². The number of aliphatic carboxylic acids is 1. The second kappa shape index (κ2) is 5.99. The van der Waals surface area contributed by atoms with Crippen molar-refractivity contribution in [2.45, 2.75) is 0 Å². The molecular weight excluding hydrogens is 270 g/mol. The van der Waals surface area contributed by atoms with Gasteiger partial charge in [-0.25, -0.2) is 4.98 Å². The van der Waals surface area contributed by atoms with Gasteiger partial charge in [0.1, 0.15) is 5.15 Å². The molecular formula is C12H14ClN3O3. The Hall–Kier alpha value is -1.66. The van der Waals surface area contributed by atoms with Crippen LogP contribution in [0.25, 0.3) is 0 Å². The molecule has 0 spiro atoms. The fraction of sp³-hybridized carbons (Fsp3) is 0.417. The van der Waals surface area contributed by atoms with E-state index in [2.05, 4.69) is 4.98 Å². The van der Waals surface area contributed by atoms with Gasteiger partial charge in [-0.1, -0.05) is 11.6 Å². The first-order valence-electron chi connectivity index (χ1n) is 5.91. The third-order valence-electron chi connectivity index (χ3n) is 2.99. The number of hydrogen-bond donors (Lipinski definition) is 1. The number of carboxylic acid groups (broad SMARTS) is 1. The Balaban J connectivity index is 1.94. The molecule has 2 rings (SSSR count). The van der Waals surface area contributed by atoms with Gasteiger partial charge in [-0.15, -0.1) is 0 Å². The highest BCUT2D eigenvalue weighted by Crippen LogP contribution is 2.11. The van der Waals surface area contributed by atoms with E-state index in [-0.39, 0.29) is 17.6 Å². The highest BCUT2D eigenvalue weighted by atomic mass is 35.5. The summed E-state index contributed by atoms with van der Waals surface area (Å²) in [6.45, 7) is 2.19. The number of pyridine rings is 1. The monoisotopic (exact) mass is 283 g/mol. The second-order valence-corrected chi connectivity index (χ2v) is 4.72. The van der Waals surface area contributed by atoms with Crippen LogP contribution in [0.5, 0.6) is 0 Å². The second-order valence-electron chi connectivity index (χ2n) is 4.33. The standard InChI is InChI=1S/C12H14ClN3O3/c13-10-7-9(1-2-14-10)12(19)16-5-3-15(4-6-16)8-11(17)18/h1-2,7H,3-6,8H2,(H,17,18). The third kappa shape index (κ3) is 3.65. The van der Waals surface area contributed by atoms with Crippen molar-refractivity contribution < 1.29 is 14.7 Å². The molecule has 19 heavy (non-hydrogen) atoms. The molecule has 7 heteroatoms. The summed E-state index contributed by atoms with van der Waals surface area (Å²) in [6, 6.07) is 3.16. The predicted molar refractivity (Wildman–Crippen MR) is 69.2 cm³/mol. The van der Waals surface area contributed by atoms with Crippen molar-refractivity contribution in [2.24, 2.45) is 0 Å². The van der Waals surface area contributed by atoms with Crippen LogP contribution in [-0.4, -0.2) is 64.5 Å². The van der Waals surface area contributed by atoms with Gasteiger partial charge in [0.25, 0.3) is 5.91 Å². The lowest BCUT2D eigenvalue weighted by Gasteiger charge is -2.33. The van der Waals surface area contributed by atoms with Gasteiger partial charge in [0, 0.05) is 37.9 Å². The van der Waals surface area contributed by atoms with Gasteiger partial charge in [-0.2, -0.15) is 0 Å². The summed E-state index contributed by atoms with van der Waals surface area (Å²) in [6.07, 6.45) is 1.50. The van der Waals surface area contributed by atoms with Crippen molar-refractivity contribution in [1.29, 1.82) is 0 Å². The molecule has 1 aromatic rings. The Morgan fingerprint density at radius 2 is 2.00 bits per heavy atom. The normalized spacial score (nSPS) is 16.4. The van der Waals surface area contributed by atoms with E-state index >= 15 is 0 Å². The van der Waals surface area contributed by atoms with Gasteiger partial charge in [0.2, 0.25) is 0 Å². The van der Waals surface area contributed by atoms with E-state index in [1.807, 2.05) is 4.90 Å². The van der Waals surface area contributed by atoms with Crippen molar-refractivity contribution in [1.82, 2.24) is 14.8 Å². The Bertz CT molecular complexity index is 487. The van der Waals surface area contributed by atoms with Crippen molar-refractivity contribution in [2.75, 3.05) is 32.7 Å². The average Bonchev–Trinajstić information content (AvgIpc) is 2.38. The predicted octanol–water partition coefficient (Wildman–Crippen LogP) is 0.577. The van der Waals surface area contributed by atoms with Crippen molar-refractivity contribution in [3.63, 3.8) is 0 Å².